The quantitative estimate of drug-likeness (QED) is 0.543. The zero-order valence-electron chi connectivity index (χ0n) is 11.4. The molecule has 0 aromatic carbocycles. The van der Waals surface area contributed by atoms with Crippen LogP contribution < -0.4 is 0 Å². The standard InChI is InChI=1S/C12H17NO5S2/c1-19-12(20-2,18-7-14)9-4-3-8(9)10(15)13-5-6-17-11(13)16/h7-9H,3-6H2,1-2H3. The largest absolute Gasteiger partial charge is 0.447 e. The summed E-state index contributed by atoms with van der Waals surface area (Å²) in [5, 5.41) is 0. The molecule has 2 rings (SSSR count). The second kappa shape index (κ2) is 6.26. The monoisotopic (exact) mass is 319 g/mol. The Hall–Kier alpha value is -0.890. The second-order valence-corrected chi connectivity index (χ2v) is 6.91. The minimum absolute atomic E-state index is 0.0846. The molecule has 2 amide bonds. The molecule has 2 unspecified atom stereocenters. The molecule has 0 spiro atoms. The number of rotatable bonds is 6. The van der Waals surface area contributed by atoms with Crippen LogP contribution in [0.1, 0.15) is 12.8 Å². The number of cyclic esters (lactones) is 1. The molecule has 0 aromatic rings. The zero-order valence-corrected chi connectivity index (χ0v) is 13.0. The van der Waals surface area contributed by atoms with Crippen LogP contribution in [-0.4, -0.2) is 53.3 Å². The predicted molar refractivity (Wildman–Crippen MR) is 76.2 cm³/mol. The molecule has 0 radical (unpaired) electrons. The van der Waals surface area contributed by atoms with Crippen LogP contribution in [0, 0.1) is 11.8 Å². The summed E-state index contributed by atoms with van der Waals surface area (Å²) < 4.78 is 9.29. The van der Waals surface area contributed by atoms with Gasteiger partial charge < -0.3 is 9.47 Å². The van der Waals surface area contributed by atoms with E-state index in [4.69, 9.17) is 9.47 Å². The van der Waals surface area contributed by atoms with E-state index in [0.29, 0.717) is 19.4 Å². The fraction of sp³-hybridized carbons (Fsp3) is 0.750. The van der Waals surface area contributed by atoms with Crippen LogP contribution >= 0.6 is 23.5 Å². The summed E-state index contributed by atoms with van der Waals surface area (Å²) in [6.45, 7) is 0.987. The summed E-state index contributed by atoms with van der Waals surface area (Å²) in [7, 11) is 0. The Labute approximate surface area is 125 Å². The van der Waals surface area contributed by atoms with Crippen LogP contribution in [0.15, 0.2) is 0 Å². The summed E-state index contributed by atoms with van der Waals surface area (Å²) in [4.78, 5) is 35.8. The smallest absolute Gasteiger partial charge is 0.416 e. The molecule has 6 nitrogen and oxygen atoms in total. The molecule has 1 aliphatic heterocycles. The van der Waals surface area contributed by atoms with Crippen molar-refractivity contribution >= 4 is 42.0 Å². The first-order chi connectivity index (χ1) is 9.59. The highest BCUT2D eigenvalue weighted by Gasteiger charge is 2.53. The Bertz CT molecular complexity index is 413. The molecule has 0 aromatic heterocycles. The average Bonchev–Trinajstić information content (AvgIpc) is 2.83. The van der Waals surface area contributed by atoms with Crippen molar-refractivity contribution in [2.24, 2.45) is 11.8 Å². The van der Waals surface area contributed by atoms with Crippen molar-refractivity contribution in [3.05, 3.63) is 0 Å². The summed E-state index contributed by atoms with van der Waals surface area (Å²) in [6, 6.07) is 0. The van der Waals surface area contributed by atoms with E-state index in [1.165, 1.54) is 23.5 Å². The van der Waals surface area contributed by atoms with Gasteiger partial charge >= 0.3 is 6.09 Å². The van der Waals surface area contributed by atoms with Crippen LogP contribution in [0.3, 0.4) is 0 Å². The number of hydrogen-bond donors (Lipinski definition) is 0. The fourth-order valence-corrected chi connectivity index (χ4v) is 4.76. The van der Waals surface area contributed by atoms with E-state index in [2.05, 4.69) is 0 Å². The van der Waals surface area contributed by atoms with Crippen molar-refractivity contribution in [3.8, 4) is 0 Å². The number of nitrogens with zero attached hydrogens (tertiary/aromatic N) is 1. The fourth-order valence-electron chi connectivity index (χ4n) is 2.65. The molecule has 2 atom stereocenters. The van der Waals surface area contributed by atoms with Crippen LogP contribution in [-0.2, 0) is 19.1 Å². The molecule has 2 aliphatic rings. The summed E-state index contributed by atoms with van der Waals surface area (Å²) in [5.41, 5.74) is 0. The van der Waals surface area contributed by atoms with E-state index in [1.54, 1.807) is 0 Å². The number of imide groups is 1. The Balaban J connectivity index is 2.12. The number of ether oxygens (including phenoxy) is 2. The van der Waals surface area contributed by atoms with Gasteiger partial charge in [0.25, 0.3) is 6.47 Å². The van der Waals surface area contributed by atoms with Crippen molar-refractivity contribution in [3.63, 3.8) is 0 Å². The number of thioether (sulfide) groups is 2. The topological polar surface area (TPSA) is 72.9 Å². The maximum atomic E-state index is 12.4. The molecule has 8 heteroatoms. The third-order valence-corrected chi connectivity index (χ3v) is 6.79. The minimum atomic E-state index is -0.760. The second-order valence-electron chi connectivity index (χ2n) is 4.62. The average molecular weight is 319 g/mol. The SMILES string of the molecule is CSC(OC=O)(SC)C1CCC1C(=O)N1CCOC1=O. The van der Waals surface area contributed by atoms with Crippen molar-refractivity contribution in [2.75, 3.05) is 25.7 Å². The highest BCUT2D eigenvalue weighted by molar-refractivity contribution is 8.17. The van der Waals surface area contributed by atoms with Gasteiger partial charge in [-0.15, -0.1) is 23.5 Å². The molecular weight excluding hydrogens is 302 g/mol. The van der Waals surface area contributed by atoms with Crippen LogP contribution in [0.4, 0.5) is 4.79 Å². The van der Waals surface area contributed by atoms with Crippen LogP contribution in [0.25, 0.3) is 0 Å². The Morgan fingerprint density at radius 1 is 1.45 bits per heavy atom. The number of carbonyl (C=O) groups is 3. The Morgan fingerprint density at radius 3 is 2.55 bits per heavy atom. The highest BCUT2D eigenvalue weighted by atomic mass is 32.2. The van der Waals surface area contributed by atoms with Crippen molar-refractivity contribution in [1.29, 1.82) is 0 Å². The van der Waals surface area contributed by atoms with Gasteiger partial charge in [-0.25, -0.2) is 9.69 Å². The molecule has 1 saturated carbocycles. The molecular formula is C12H17NO5S2. The normalized spacial score (nSPS) is 25.9. The molecule has 0 bridgehead atoms. The van der Waals surface area contributed by atoms with Gasteiger partial charge in [-0.3, -0.25) is 9.59 Å². The number of carbonyl (C=O) groups excluding carboxylic acids is 3. The molecule has 20 heavy (non-hydrogen) atoms. The zero-order chi connectivity index (χ0) is 14.8. The molecule has 1 saturated heterocycles. The lowest BCUT2D eigenvalue weighted by Gasteiger charge is -2.46. The number of hydrogen-bond acceptors (Lipinski definition) is 7. The van der Waals surface area contributed by atoms with Crippen molar-refractivity contribution in [1.82, 2.24) is 4.90 Å². The summed E-state index contributed by atoms with van der Waals surface area (Å²) in [5.74, 6) is -0.593. The van der Waals surface area contributed by atoms with Gasteiger partial charge in [-0.1, -0.05) is 0 Å². The van der Waals surface area contributed by atoms with E-state index < -0.39 is 10.4 Å². The molecule has 112 valence electrons. The highest BCUT2D eigenvalue weighted by Crippen LogP contribution is 2.53. The maximum Gasteiger partial charge on any atom is 0.416 e. The van der Waals surface area contributed by atoms with E-state index in [-0.39, 0.29) is 24.3 Å². The first-order valence-corrected chi connectivity index (χ1v) is 8.74. The van der Waals surface area contributed by atoms with Crippen LogP contribution in [0.5, 0.6) is 0 Å². The van der Waals surface area contributed by atoms with Gasteiger partial charge in [0.2, 0.25) is 10.2 Å². The predicted octanol–water partition coefficient (Wildman–Crippen LogP) is 1.54. The van der Waals surface area contributed by atoms with Gasteiger partial charge in [0.15, 0.2) is 0 Å². The van der Waals surface area contributed by atoms with E-state index in [1.807, 2.05) is 12.5 Å². The van der Waals surface area contributed by atoms with Crippen molar-refractivity contribution < 1.29 is 23.9 Å². The molecule has 0 N–H and O–H groups in total. The molecule has 1 aliphatic carbocycles. The Morgan fingerprint density at radius 2 is 2.15 bits per heavy atom. The third-order valence-electron chi connectivity index (χ3n) is 3.85. The van der Waals surface area contributed by atoms with Gasteiger partial charge in [-0.2, -0.15) is 0 Å². The first-order valence-electron chi connectivity index (χ1n) is 6.29. The summed E-state index contributed by atoms with van der Waals surface area (Å²) in [6.07, 6.45) is 4.64. The van der Waals surface area contributed by atoms with E-state index >= 15 is 0 Å². The lowest BCUT2D eigenvalue weighted by molar-refractivity contribution is -0.146. The van der Waals surface area contributed by atoms with Gasteiger partial charge in [0.05, 0.1) is 6.54 Å². The summed E-state index contributed by atoms with van der Waals surface area (Å²) >= 11 is 2.83. The number of amides is 2. The van der Waals surface area contributed by atoms with E-state index in [0.717, 1.165) is 11.3 Å². The molecule has 2 fully saturated rings. The van der Waals surface area contributed by atoms with Gasteiger partial charge in [0.1, 0.15) is 6.61 Å². The maximum absolute atomic E-state index is 12.4. The van der Waals surface area contributed by atoms with Crippen LogP contribution in [0.2, 0.25) is 0 Å². The Kier molecular flexibility index (Phi) is 4.85. The minimum Gasteiger partial charge on any atom is -0.447 e. The van der Waals surface area contributed by atoms with Crippen molar-refractivity contribution in [2.45, 2.75) is 17.1 Å². The lowest BCUT2D eigenvalue weighted by Crippen LogP contribution is -2.51. The molecule has 1 heterocycles. The lowest BCUT2D eigenvalue weighted by atomic mass is 9.73. The van der Waals surface area contributed by atoms with Gasteiger partial charge in [-0.05, 0) is 25.4 Å². The first kappa shape index (κ1) is 15.5. The van der Waals surface area contributed by atoms with Gasteiger partial charge in [0, 0.05) is 11.8 Å². The third kappa shape index (κ3) is 2.50. The van der Waals surface area contributed by atoms with E-state index in [9.17, 15) is 14.4 Å².